The van der Waals surface area contributed by atoms with E-state index in [2.05, 4.69) is 49.1 Å². The molecular weight excluding hydrogens is 423 g/mol. The summed E-state index contributed by atoms with van der Waals surface area (Å²) in [7, 11) is 0. The Kier molecular flexibility index (Phi) is 4.27. The number of fused-ring (bicyclic) bond motifs is 5. The number of aliphatic hydroxyl groups is 1. The Bertz CT molecular complexity index is 714. The predicted molar refractivity (Wildman–Crippen MR) is 110 cm³/mol. The zero-order valence-corrected chi connectivity index (χ0v) is 17.4. The van der Waals surface area contributed by atoms with Crippen molar-refractivity contribution in [3.8, 4) is 5.75 Å². The Morgan fingerprint density at radius 1 is 1.36 bits per heavy atom. The van der Waals surface area contributed by atoms with Gasteiger partial charge in [-0.15, -0.1) is 0 Å². The molecule has 0 amide bonds. The summed E-state index contributed by atoms with van der Waals surface area (Å²) in [5.74, 6) is 2.78. The first-order valence-corrected chi connectivity index (χ1v) is 10.8. The van der Waals surface area contributed by atoms with Crippen molar-refractivity contribution in [2.24, 2.45) is 23.2 Å². The normalized spacial score (nSPS) is 42.4. The van der Waals surface area contributed by atoms with Crippen LogP contribution in [-0.4, -0.2) is 15.8 Å². The summed E-state index contributed by atoms with van der Waals surface area (Å²) in [5, 5.41) is 21.4. The molecule has 3 aliphatic rings. The SMILES string of the molecule is C=C(I)[C@]1(O)CC[C@H]2[C@@H]3CCc4cc(O)ccc4[C@H]3C(CC)C[C@@]21C. The molecule has 0 radical (unpaired) electrons. The Labute approximate surface area is 164 Å². The third kappa shape index (κ3) is 2.37. The zero-order chi connectivity index (χ0) is 18.0. The van der Waals surface area contributed by atoms with E-state index in [1.165, 1.54) is 17.5 Å². The first-order valence-electron chi connectivity index (χ1n) is 9.71. The average Bonchev–Trinajstić information content (AvgIpc) is 2.86. The van der Waals surface area contributed by atoms with E-state index < -0.39 is 5.60 Å². The van der Waals surface area contributed by atoms with Gasteiger partial charge in [0, 0.05) is 8.99 Å². The molecule has 0 bridgehead atoms. The highest BCUT2D eigenvalue weighted by Gasteiger charge is 2.63. The topological polar surface area (TPSA) is 40.5 Å². The lowest BCUT2D eigenvalue weighted by Gasteiger charge is -2.56. The number of hydrogen-bond donors (Lipinski definition) is 2. The van der Waals surface area contributed by atoms with Crippen LogP contribution in [0.4, 0.5) is 0 Å². The summed E-state index contributed by atoms with van der Waals surface area (Å²) in [6.45, 7) is 8.79. The molecule has 4 rings (SSSR count). The number of halogens is 1. The van der Waals surface area contributed by atoms with Gasteiger partial charge in [0.2, 0.25) is 0 Å². The predicted octanol–water partition coefficient (Wildman–Crippen LogP) is 5.56. The molecule has 136 valence electrons. The van der Waals surface area contributed by atoms with E-state index in [9.17, 15) is 10.2 Å². The van der Waals surface area contributed by atoms with Gasteiger partial charge in [0.1, 0.15) is 11.4 Å². The first-order chi connectivity index (χ1) is 11.8. The van der Waals surface area contributed by atoms with Crippen LogP contribution >= 0.6 is 22.6 Å². The largest absolute Gasteiger partial charge is 0.508 e. The molecule has 0 spiro atoms. The number of aryl methyl sites for hydroxylation is 1. The van der Waals surface area contributed by atoms with Crippen molar-refractivity contribution in [1.29, 1.82) is 0 Å². The van der Waals surface area contributed by atoms with E-state index in [0.29, 0.717) is 29.4 Å². The Hall–Kier alpha value is -0.550. The van der Waals surface area contributed by atoms with Crippen molar-refractivity contribution in [3.63, 3.8) is 0 Å². The third-order valence-corrected chi connectivity index (χ3v) is 8.85. The molecule has 3 aliphatic carbocycles. The Morgan fingerprint density at radius 2 is 2.12 bits per heavy atom. The fraction of sp³-hybridized carbons (Fsp3) is 0.636. The fourth-order valence-corrected chi connectivity index (χ4v) is 7.60. The molecule has 2 fully saturated rings. The van der Waals surface area contributed by atoms with Crippen LogP contribution in [0, 0.1) is 23.2 Å². The van der Waals surface area contributed by atoms with Crippen molar-refractivity contribution in [3.05, 3.63) is 39.5 Å². The van der Waals surface area contributed by atoms with Gasteiger partial charge in [-0.1, -0.05) is 32.9 Å². The van der Waals surface area contributed by atoms with Crippen LogP contribution in [0.5, 0.6) is 5.75 Å². The summed E-state index contributed by atoms with van der Waals surface area (Å²) < 4.78 is 0.921. The molecule has 25 heavy (non-hydrogen) atoms. The molecule has 0 saturated heterocycles. The van der Waals surface area contributed by atoms with Gasteiger partial charge >= 0.3 is 0 Å². The second-order valence-electron chi connectivity index (χ2n) is 8.81. The summed E-state index contributed by atoms with van der Waals surface area (Å²) >= 11 is 2.26. The van der Waals surface area contributed by atoms with E-state index in [-0.39, 0.29) is 5.41 Å². The molecular formula is C22H29IO2. The number of phenolic OH excluding ortho intramolecular Hbond substituents is 1. The Morgan fingerprint density at radius 3 is 2.80 bits per heavy atom. The number of rotatable bonds is 2. The minimum Gasteiger partial charge on any atom is -0.508 e. The van der Waals surface area contributed by atoms with Crippen LogP contribution in [0.25, 0.3) is 0 Å². The van der Waals surface area contributed by atoms with Crippen LogP contribution in [0.1, 0.15) is 63.0 Å². The Balaban J connectivity index is 1.79. The van der Waals surface area contributed by atoms with Gasteiger partial charge < -0.3 is 10.2 Å². The van der Waals surface area contributed by atoms with Gasteiger partial charge in [-0.2, -0.15) is 0 Å². The van der Waals surface area contributed by atoms with Gasteiger partial charge in [0.05, 0.1) is 0 Å². The lowest BCUT2D eigenvalue weighted by atomic mass is 9.49. The fourth-order valence-electron chi connectivity index (χ4n) is 6.72. The third-order valence-electron chi connectivity index (χ3n) is 7.96. The van der Waals surface area contributed by atoms with E-state index >= 15 is 0 Å². The number of aromatic hydroxyl groups is 1. The molecule has 2 N–H and O–H groups in total. The molecule has 3 heteroatoms. The van der Waals surface area contributed by atoms with Crippen molar-refractivity contribution in [2.75, 3.05) is 0 Å². The second-order valence-corrected chi connectivity index (χ2v) is 10.1. The lowest BCUT2D eigenvalue weighted by Crippen LogP contribution is -2.53. The number of hydrogen-bond acceptors (Lipinski definition) is 2. The van der Waals surface area contributed by atoms with Crippen LogP contribution in [0.3, 0.4) is 0 Å². The van der Waals surface area contributed by atoms with Crippen molar-refractivity contribution in [2.45, 2.75) is 63.9 Å². The quantitative estimate of drug-likeness (QED) is 0.577. The maximum atomic E-state index is 11.5. The smallest absolute Gasteiger partial charge is 0.115 e. The molecule has 0 aromatic heterocycles. The summed E-state index contributed by atoms with van der Waals surface area (Å²) in [4.78, 5) is 0. The van der Waals surface area contributed by atoms with E-state index in [1.54, 1.807) is 0 Å². The van der Waals surface area contributed by atoms with Crippen LogP contribution in [0.2, 0.25) is 0 Å². The van der Waals surface area contributed by atoms with Gasteiger partial charge in [0.25, 0.3) is 0 Å². The van der Waals surface area contributed by atoms with Crippen LogP contribution < -0.4 is 0 Å². The van der Waals surface area contributed by atoms with Crippen molar-refractivity contribution < 1.29 is 10.2 Å². The van der Waals surface area contributed by atoms with Gasteiger partial charge in [-0.3, -0.25) is 0 Å². The molecule has 0 heterocycles. The molecule has 1 aromatic carbocycles. The highest BCUT2D eigenvalue weighted by Crippen LogP contribution is 2.68. The second kappa shape index (κ2) is 5.98. The summed E-state index contributed by atoms with van der Waals surface area (Å²) in [6.07, 6.45) is 6.43. The lowest BCUT2D eigenvalue weighted by molar-refractivity contribution is -0.0908. The molecule has 2 nitrogen and oxygen atoms in total. The van der Waals surface area contributed by atoms with E-state index in [0.717, 1.165) is 35.7 Å². The van der Waals surface area contributed by atoms with Crippen molar-refractivity contribution in [1.82, 2.24) is 0 Å². The minimum atomic E-state index is -0.716. The summed E-state index contributed by atoms with van der Waals surface area (Å²) in [6, 6.07) is 6.01. The van der Waals surface area contributed by atoms with Gasteiger partial charge in [0.15, 0.2) is 0 Å². The molecule has 1 unspecified atom stereocenters. The standard InChI is InChI=1S/C22H29IO2/c1-4-14-12-21(3)19(9-10-22(21,25)13(2)23)18-7-5-15-11-16(24)6-8-17(15)20(14)18/h6,8,11,14,18-20,24-25H,2,4-5,7,9-10,12H2,1,3H3/t14?,18-,19-,20+,21-,22+/m0/s1. The average molecular weight is 452 g/mol. The highest BCUT2D eigenvalue weighted by molar-refractivity contribution is 14.1. The summed E-state index contributed by atoms with van der Waals surface area (Å²) in [5.41, 5.74) is 2.04. The molecule has 0 aliphatic heterocycles. The zero-order valence-electron chi connectivity index (χ0n) is 15.3. The van der Waals surface area contributed by atoms with E-state index in [1.807, 2.05) is 12.1 Å². The number of phenols is 1. The monoisotopic (exact) mass is 452 g/mol. The first kappa shape index (κ1) is 17.8. The van der Waals surface area contributed by atoms with Gasteiger partial charge in [-0.25, -0.2) is 0 Å². The van der Waals surface area contributed by atoms with Gasteiger partial charge in [-0.05, 0) is 102 Å². The van der Waals surface area contributed by atoms with E-state index in [4.69, 9.17) is 0 Å². The maximum Gasteiger partial charge on any atom is 0.115 e. The molecule has 1 aromatic rings. The number of benzene rings is 1. The van der Waals surface area contributed by atoms with Crippen LogP contribution in [0.15, 0.2) is 28.4 Å². The highest BCUT2D eigenvalue weighted by atomic mass is 127. The van der Waals surface area contributed by atoms with Crippen LogP contribution in [-0.2, 0) is 6.42 Å². The maximum absolute atomic E-state index is 11.5. The molecule has 2 saturated carbocycles. The molecule has 6 atom stereocenters. The van der Waals surface area contributed by atoms with Crippen molar-refractivity contribution >= 4 is 22.6 Å². The minimum absolute atomic E-state index is 0.0540.